The van der Waals surface area contributed by atoms with Crippen molar-refractivity contribution in [3.05, 3.63) is 35.4 Å². The Morgan fingerprint density at radius 3 is 2.74 bits per heavy atom. The van der Waals surface area contributed by atoms with E-state index in [2.05, 4.69) is 43.4 Å². The van der Waals surface area contributed by atoms with Crippen molar-refractivity contribution in [2.45, 2.75) is 32.7 Å². The molecule has 1 aromatic rings. The average Bonchev–Trinajstić information content (AvgIpc) is 2.77. The minimum Gasteiger partial charge on any atom is -0.340 e. The number of hydrogen-bond donors (Lipinski definition) is 1. The summed E-state index contributed by atoms with van der Waals surface area (Å²) in [6, 6.07) is 8.61. The highest BCUT2D eigenvalue weighted by Crippen LogP contribution is 2.24. The molecule has 1 aliphatic rings. The first-order valence-corrected chi connectivity index (χ1v) is 7.16. The summed E-state index contributed by atoms with van der Waals surface area (Å²) >= 11 is 0. The molecule has 1 saturated heterocycles. The van der Waals surface area contributed by atoms with E-state index in [4.69, 9.17) is 0 Å². The molecular weight excluding hydrogens is 236 g/mol. The largest absolute Gasteiger partial charge is 0.340 e. The van der Waals surface area contributed by atoms with Crippen LogP contribution in [0.2, 0.25) is 0 Å². The second-order valence-corrected chi connectivity index (χ2v) is 5.47. The van der Waals surface area contributed by atoms with Gasteiger partial charge in [0.05, 0.1) is 0 Å². The van der Waals surface area contributed by atoms with Gasteiger partial charge in [-0.25, -0.2) is 0 Å². The summed E-state index contributed by atoms with van der Waals surface area (Å²) in [7, 11) is 1.97. The lowest BCUT2D eigenvalue weighted by Gasteiger charge is -2.25. The molecule has 3 heteroatoms. The molecule has 0 bridgehead atoms. The quantitative estimate of drug-likeness (QED) is 0.882. The van der Waals surface area contributed by atoms with Crippen molar-refractivity contribution >= 4 is 5.91 Å². The van der Waals surface area contributed by atoms with E-state index in [0.717, 1.165) is 25.9 Å². The predicted molar refractivity (Wildman–Crippen MR) is 78.0 cm³/mol. The van der Waals surface area contributed by atoms with Crippen molar-refractivity contribution in [2.24, 2.45) is 5.92 Å². The highest BCUT2D eigenvalue weighted by Gasteiger charge is 2.30. The molecule has 1 amide bonds. The molecule has 1 fully saturated rings. The van der Waals surface area contributed by atoms with Crippen LogP contribution in [0.3, 0.4) is 0 Å². The fourth-order valence-corrected chi connectivity index (χ4v) is 2.85. The number of rotatable bonds is 5. The van der Waals surface area contributed by atoms with Crippen LogP contribution in [0.4, 0.5) is 0 Å². The predicted octanol–water partition coefficient (Wildman–Crippen LogP) is 2.51. The molecule has 1 N–H and O–H groups in total. The molecule has 2 rings (SSSR count). The summed E-state index contributed by atoms with van der Waals surface area (Å²) in [6.07, 6.45) is 1.82. The Balaban J connectivity index is 2.08. The summed E-state index contributed by atoms with van der Waals surface area (Å²) in [5, 5.41) is 3.35. The molecule has 0 aromatic heterocycles. The first-order chi connectivity index (χ1) is 9.15. The van der Waals surface area contributed by atoms with E-state index in [1.165, 1.54) is 11.1 Å². The molecule has 1 aromatic carbocycles. The number of amides is 1. The van der Waals surface area contributed by atoms with Crippen molar-refractivity contribution in [2.75, 3.05) is 20.1 Å². The second kappa shape index (κ2) is 6.20. The van der Waals surface area contributed by atoms with Crippen LogP contribution in [-0.4, -0.2) is 30.9 Å². The fraction of sp³-hybridized carbons (Fsp3) is 0.562. The summed E-state index contributed by atoms with van der Waals surface area (Å²) in [6.45, 7) is 5.98. The van der Waals surface area contributed by atoms with Gasteiger partial charge in [0.25, 0.3) is 0 Å². The average molecular weight is 260 g/mol. The topological polar surface area (TPSA) is 32.3 Å². The number of likely N-dealkylation sites (tertiary alicyclic amines) is 1. The van der Waals surface area contributed by atoms with Crippen LogP contribution in [0.15, 0.2) is 24.3 Å². The molecule has 2 unspecified atom stereocenters. The number of carbonyl (C=O) groups is 1. The summed E-state index contributed by atoms with van der Waals surface area (Å²) in [5.41, 5.74) is 2.57. The zero-order valence-electron chi connectivity index (χ0n) is 12.1. The molecule has 1 heterocycles. The lowest BCUT2D eigenvalue weighted by atomic mass is 10.0. The van der Waals surface area contributed by atoms with E-state index in [9.17, 15) is 4.79 Å². The molecule has 2 atom stereocenters. The second-order valence-electron chi connectivity index (χ2n) is 5.47. The smallest absolute Gasteiger partial charge is 0.222 e. The first kappa shape index (κ1) is 14.1. The monoisotopic (exact) mass is 260 g/mol. The van der Waals surface area contributed by atoms with Crippen LogP contribution >= 0.6 is 0 Å². The van der Waals surface area contributed by atoms with Crippen molar-refractivity contribution in [3.8, 4) is 0 Å². The van der Waals surface area contributed by atoms with E-state index >= 15 is 0 Å². The van der Waals surface area contributed by atoms with Gasteiger partial charge in [-0.05, 0) is 31.0 Å². The van der Waals surface area contributed by atoms with Gasteiger partial charge in [-0.1, -0.05) is 37.6 Å². The number of benzene rings is 1. The van der Waals surface area contributed by atoms with Gasteiger partial charge >= 0.3 is 0 Å². The van der Waals surface area contributed by atoms with Gasteiger partial charge in [-0.2, -0.15) is 0 Å². The van der Waals surface area contributed by atoms with Crippen LogP contribution in [0.5, 0.6) is 0 Å². The third-order valence-corrected chi connectivity index (χ3v) is 4.19. The van der Waals surface area contributed by atoms with Crippen LogP contribution in [0.1, 0.15) is 36.9 Å². The van der Waals surface area contributed by atoms with E-state index in [-0.39, 0.29) is 6.04 Å². The van der Waals surface area contributed by atoms with Gasteiger partial charge in [0.1, 0.15) is 0 Å². The minimum atomic E-state index is 0.223. The molecule has 19 heavy (non-hydrogen) atoms. The van der Waals surface area contributed by atoms with Crippen LogP contribution in [0, 0.1) is 12.8 Å². The lowest BCUT2D eigenvalue weighted by Crippen LogP contribution is -2.35. The van der Waals surface area contributed by atoms with Crippen molar-refractivity contribution in [1.29, 1.82) is 0 Å². The highest BCUT2D eigenvalue weighted by molar-refractivity contribution is 5.78. The van der Waals surface area contributed by atoms with Crippen molar-refractivity contribution < 1.29 is 4.79 Å². The third kappa shape index (κ3) is 3.16. The molecule has 104 valence electrons. The summed E-state index contributed by atoms with van der Waals surface area (Å²) in [5.74, 6) is 0.850. The summed E-state index contributed by atoms with van der Waals surface area (Å²) < 4.78 is 0. The first-order valence-electron chi connectivity index (χ1n) is 7.16. The molecule has 0 radical (unpaired) electrons. The Hall–Kier alpha value is -1.35. The van der Waals surface area contributed by atoms with E-state index < -0.39 is 0 Å². The molecule has 3 nitrogen and oxygen atoms in total. The zero-order valence-corrected chi connectivity index (χ0v) is 12.1. The number of nitrogens with zero attached hydrogens (tertiary/aromatic N) is 1. The lowest BCUT2D eigenvalue weighted by molar-refractivity contribution is -0.128. The summed E-state index contributed by atoms with van der Waals surface area (Å²) in [4.78, 5) is 14.0. The van der Waals surface area contributed by atoms with Gasteiger partial charge < -0.3 is 10.2 Å². The third-order valence-electron chi connectivity index (χ3n) is 4.19. The maximum absolute atomic E-state index is 12.0. The van der Waals surface area contributed by atoms with Gasteiger partial charge in [0.2, 0.25) is 5.91 Å². The van der Waals surface area contributed by atoms with Crippen LogP contribution in [0.25, 0.3) is 0 Å². The molecule has 0 spiro atoms. The van der Waals surface area contributed by atoms with Crippen LogP contribution < -0.4 is 5.32 Å². The Labute approximate surface area is 116 Å². The number of nitrogens with one attached hydrogen (secondary N) is 1. The Bertz CT molecular complexity index is 444. The molecule has 0 aliphatic carbocycles. The van der Waals surface area contributed by atoms with Crippen molar-refractivity contribution in [1.82, 2.24) is 10.2 Å². The van der Waals surface area contributed by atoms with Gasteiger partial charge in [-0.3, -0.25) is 4.79 Å². The standard InChI is InChI=1S/C16H24N2O/c1-4-13-9-16(19)18(10-13)11-15(17-3)14-8-6-5-7-12(14)2/h5-8,13,15,17H,4,9-11H2,1-3H3. The van der Waals surface area contributed by atoms with Gasteiger partial charge in [-0.15, -0.1) is 0 Å². The Morgan fingerprint density at radius 2 is 2.16 bits per heavy atom. The van der Waals surface area contributed by atoms with E-state index in [0.29, 0.717) is 11.8 Å². The van der Waals surface area contributed by atoms with Crippen LogP contribution in [-0.2, 0) is 4.79 Å². The Morgan fingerprint density at radius 1 is 1.42 bits per heavy atom. The van der Waals surface area contributed by atoms with E-state index in [1.54, 1.807) is 0 Å². The van der Waals surface area contributed by atoms with Gasteiger partial charge in [0.15, 0.2) is 0 Å². The SMILES string of the molecule is CCC1CC(=O)N(CC(NC)c2ccccc2C)C1. The number of likely N-dealkylation sites (N-methyl/N-ethyl adjacent to an activating group) is 1. The number of carbonyl (C=O) groups excluding carboxylic acids is 1. The molecule has 0 saturated carbocycles. The number of hydrogen-bond acceptors (Lipinski definition) is 2. The number of aryl methyl sites for hydroxylation is 1. The highest BCUT2D eigenvalue weighted by atomic mass is 16.2. The van der Waals surface area contributed by atoms with Crippen molar-refractivity contribution in [3.63, 3.8) is 0 Å². The Kier molecular flexibility index (Phi) is 4.59. The fourth-order valence-electron chi connectivity index (χ4n) is 2.85. The van der Waals surface area contributed by atoms with E-state index in [1.807, 2.05) is 11.9 Å². The maximum Gasteiger partial charge on any atom is 0.222 e. The normalized spacial score (nSPS) is 20.9. The zero-order chi connectivity index (χ0) is 13.8. The molecule has 1 aliphatic heterocycles. The van der Waals surface area contributed by atoms with Gasteiger partial charge in [0, 0.05) is 25.6 Å². The maximum atomic E-state index is 12.0. The minimum absolute atomic E-state index is 0.223. The molecular formula is C16H24N2O.